The van der Waals surface area contributed by atoms with E-state index in [2.05, 4.69) is 21.2 Å². The molecular formula is C12H15BrN2O2S2. The predicted octanol–water partition coefficient (Wildman–Crippen LogP) is 1.93. The summed E-state index contributed by atoms with van der Waals surface area (Å²) in [6, 6.07) is 5.60. The third-order valence-electron chi connectivity index (χ3n) is 3.16. The highest BCUT2D eigenvalue weighted by atomic mass is 79.9. The largest absolute Gasteiger partial charge is 0.389 e. The number of hydrogen-bond acceptors (Lipinski definition) is 4. The number of halogens is 1. The Bertz CT molecular complexity index is 602. The van der Waals surface area contributed by atoms with Crippen LogP contribution in [0.3, 0.4) is 0 Å². The van der Waals surface area contributed by atoms with Gasteiger partial charge in [-0.3, -0.25) is 0 Å². The summed E-state index contributed by atoms with van der Waals surface area (Å²) in [6.45, 7) is 0.657. The highest BCUT2D eigenvalue weighted by Crippen LogP contribution is 2.25. The zero-order chi connectivity index (χ0) is 14.0. The number of rotatable bonds is 4. The minimum absolute atomic E-state index is 0.187. The van der Waals surface area contributed by atoms with Crippen LogP contribution in [0.15, 0.2) is 22.7 Å². The summed E-state index contributed by atoms with van der Waals surface area (Å²) in [6.07, 6.45) is 0.734. The van der Waals surface area contributed by atoms with Crippen LogP contribution in [-0.4, -0.2) is 31.5 Å². The Kier molecular flexibility index (Phi) is 4.47. The van der Waals surface area contributed by atoms with Gasteiger partial charge in [-0.2, -0.15) is 0 Å². The van der Waals surface area contributed by atoms with E-state index in [0.29, 0.717) is 17.3 Å². The number of nitrogens with two attached hydrogens (primary N) is 1. The average molecular weight is 363 g/mol. The molecule has 0 spiro atoms. The van der Waals surface area contributed by atoms with Gasteiger partial charge in [0, 0.05) is 22.3 Å². The fourth-order valence-corrected chi connectivity index (χ4v) is 4.61. The van der Waals surface area contributed by atoms with Crippen LogP contribution in [0.1, 0.15) is 12.0 Å². The first kappa shape index (κ1) is 14.7. The Labute approximate surface area is 126 Å². The van der Waals surface area contributed by atoms with Crippen LogP contribution in [0.25, 0.3) is 0 Å². The van der Waals surface area contributed by atoms with Crippen molar-refractivity contribution in [2.24, 2.45) is 11.7 Å². The molecule has 2 rings (SSSR count). The summed E-state index contributed by atoms with van der Waals surface area (Å²) in [5.74, 6) is 0.774. The smallest absolute Gasteiger partial charge is 0.150 e. The Morgan fingerprint density at radius 2 is 2.26 bits per heavy atom. The molecule has 0 bridgehead atoms. The second-order valence-corrected chi connectivity index (χ2v) is 8.23. The molecule has 0 radical (unpaired) electrons. The molecule has 1 fully saturated rings. The van der Waals surface area contributed by atoms with Gasteiger partial charge in [0.1, 0.15) is 4.99 Å². The van der Waals surface area contributed by atoms with Crippen molar-refractivity contribution in [3.05, 3.63) is 28.2 Å². The van der Waals surface area contributed by atoms with Crippen molar-refractivity contribution in [1.29, 1.82) is 0 Å². The Hall–Kier alpha value is -0.660. The van der Waals surface area contributed by atoms with E-state index in [4.69, 9.17) is 18.0 Å². The van der Waals surface area contributed by atoms with Gasteiger partial charge >= 0.3 is 0 Å². The van der Waals surface area contributed by atoms with Crippen LogP contribution < -0.4 is 11.1 Å². The van der Waals surface area contributed by atoms with Crippen molar-refractivity contribution >= 4 is 48.7 Å². The summed E-state index contributed by atoms with van der Waals surface area (Å²) < 4.78 is 23.6. The summed E-state index contributed by atoms with van der Waals surface area (Å²) in [7, 11) is -2.81. The van der Waals surface area contributed by atoms with Gasteiger partial charge in [0.05, 0.1) is 11.5 Å². The lowest BCUT2D eigenvalue weighted by atomic mass is 10.1. The molecule has 7 heteroatoms. The Morgan fingerprint density at radius 1 is 1.53 bits per heavy atom. The first-order valence-electron chi connectivity index (χ1n) is 5.91. The molecule has 0 amide bonds. The van der Waals surface area contributed by atoms with Crippen LogP contribution in [0.4, 0.5) is 5.69 Å². The molecular weight excluding hydrogens is 348 g/mol. The first-order chi connectivity index (χ1) is 8.87. The first-order valence-corrected chi connectivity index (χ1v) is 8.93. The topological polar surface area (TPSA) is 72.2 Å². The maximum atomic E-state index is 11.4. The van der Waals surface area contributed by atoms with Crippen molar-refractivity contribution < 1.29 is 8.42 Å². The molecule has 4 nitrogen and oxygen atoms in total. The van der Waals surface area contributed by atoms with Gasteiger partial charge in [0.15, 0.2) is 9.84 Å². The molecule has 1 saturated heterocycles. The van der Waals surface area contributed by atoms with Crippen molar-refractivity contribution in [3.8, 4) is 0 Å². The summed E-state index contributed by atoms with van der Waals surface area (Å²) in [5.41, 5.74) is 7.28. The molecule has 0 aliphatic carbocycles. The number of anilines is 1. The summed E-state index contributed by atoms with van der Waals surface area (Å²) in [4.78, 5) is 0.356. The lowest BCUT2D eigenvalue weighted by Crippen LogP contribution is -2.16. The van der Waals surface area contributed by atoms with E-state index in [1.165, 1.54) is 0 Å². The number of nitrogens with one attached hydrogen (secondary N) is 1. The van der Waals surface area contributed by atoms with Crippen LogP contribution in [-0.2, 0) is 9.84 Å². The molecule has 0 aromatic heterocycles. The van der Waals surface area contributed by atoms with E-state index in [-0.39, 0.29) is 11.7 Å². The molecule has 1 atom stereocenters. The highest BCUT2D eigenvalue weighted by Gasteiger charge is 2.27. The van der Waals surface area contributed by atoms with Gasteiger partial charge in [0.2, 0.25) is 0 Å². The second-order valence-electron chi connectivity index (χ2n) is 4.71. The molecule has 1 aromatic rings. The van der Waals surface area contributed by atoms with Crippen molar-refractivity contribution in [2.75, 3.05) is 23.4 Å². The van der Waals surface area contributed by atoms with Gasteiger partial charge in [0.25, 0.3) is 0 Å². The molecule has 1 aliphatic rings. The van der Waals surface area contributed by atoms with Gasteiger partial charge in [-0.1, -0.05) is 12.2 Å². The van der Waals surface area contributed by atoms with Crippen LogP contribution in [0.5, 0.6) is 0 Å². The van der Waals surface area contributed by atoms with Gasteiger partial charge < -0.3 is 11.1 Å². The minimum atomic E-state index is -2.81. The third kappa shape index (κ3) is 3.90. The maximum absolute atomic E-state index is 11.4. The monoisotopic (exact) mass is 362 g/mol. The van der Waals surface area contributed by atoms with E-state index in [1.54, 1.807) is 0 Å². The zero-order valence-corrected chi connectivity index (χ0v) is 13.4. The Morgan fingerprint density at radius 3 is 2.79 bits per heavy atom. The molecule has 1 aromatic carbocycles. The average Bonchev–Trinajstić information content (AvgIpc) is 2.67. The van der Waals surface area contributed by atoms with Crippen molar-refractivity contribution in [2.45, 2.75) is 6.42 Å². The van der Waals surface area contributed by atoms with Crippen molar-refractivity contribution in [1.82, 2.24) is 0 Å². The zero-order valence-electron chi connectivity index (χ0n) is 10.2. The van der Waals surface area contributed by atoms with E-state index in [1.807, 2.05) is 18.2 Å². The van der Waals surface area contributed by atoms with E-state index < -0.39 is 9.84 Å². The quantitative estimate of drug-likeness (QED) is 0.800. The lowest BCUT2D eigenvalue weighted by molar-refractivity contribution is 0.596. The van der Waals surface area contributed by atoms with Gasteiger partial charge in [-0.05, 0) is 46.5 Å². The molecule has 1 aliphatic heterocycles. The highest BCUT2D eigenvalue weighted by molar-refractivity contribution is 9.10. The SMILES string of the molecule is NC(=S)c1ccc(NCC2CCS(=O)(=O)C2)c(Br)c1. The normalized spacial score (nSPS) is 21.2. The minimum Gasteiger partial charge on any atom is -0.389 e. The van der Waals surface area contributed by atoms with Crippen LogP contribution >= 0.6 is 28.1 Å². The van der Waals surface area contributed by atoms with Crippen LogP contribution in [0.2, 0.25) is 0 Å². The predicted molar refractivity (Wildman–Crippen MR) is 85.3 cm³/mol. The number of thiocarbonyl (C=S) groups is 1. The number of benzene rings is 1. The van der Waals surface area contributed by atoms with Crippen molar-refractivity contribution in [3.63, 3.8) is 0 Å². The maximum Gasteiger partial charge on any atom is 0.150 e. The lowest BCUT2D eigenvalue weighted by Gasteiger charge is -2.13. The summed E-state index contributed by atoms with van der Waals surface area (Å²) >= 11 is 8.36. The number of sulfone groups is 1. The molecule has 19 heavy (non-hydrogen) atoms. The standard InChI is InChI=1S/C12H15BrN2O2S2/c13-10-5-9(12(14)18)1-2-11(10)15-6-8-3-4-19(16,17)7-8/h1-2,5,8,15H,3-4,6-7H2,(H2,14,18). The van der Waals surface area contributed by atoms with E-state index in [9.17, 15) is 8.42 Å². The second kappa shape index (κ2) is 5.76. The Balaban J connectivity index is 1.99. The molecule has 1 heterocycles. The fraction of sp³-hybridized carbons (Fsp3) is 0.417. The van der Waals surface area contributed by atoms with Gasteiger partial charge in [-0.25, -0.2) is 8.42 Å². The number of hydrogen-bond donors (Lipinski definition) is 2. The molecule has 3 N–H and O–H groups in total. The van der Waals surface area contributed by atoms with E-state index in [0.717, 1.165) is 22.1 Å². The third-order valence-corrected chi connectivity index (χ3v) is 5.89. The molecule has 1 unspecified atom stereocenters. The fourth-order valence-electron chi connectivity index (χ4n) is 2.10. The summed E-state index contributed by atoms with van der Waals surface area (Å²) in [5, 5.41) is 3.26. The van der Waals surface area contributed by atoms with E-state index >= 15 is 0 Å². The molecule has 0 saturated carbocycles. The molecule has 104 valence electrons. The van der Waals surface area contributed by atoms with Gasteiger partial charge in [-0.15, -0.1) is 0 Å². The van der Waals surface area contributed by atoms with Crippen LogP contribution in [0, 0.1) is 5.92 Å².